The smallest absolute Gasteiger partial charge is 0.308 e. The van der Waals surface area contributed by atoms with E-state index in [2.05, 4.69) is 0 Å². The molecule has 4 nitrogen and oxygen atoms in total. The van der Waals surface area contributed by atoms with Gasteiger partial charge in [-0.25, -0.2) is 4.39 Å². The maximum absolute atomic E-state index is 13.6. The van der Waals surface area contributed by atoms with Crippen molar-refractivity contribution in [2.75, 3.05) is 0 Å². The van der Waals surface area contributed by atoms with Gasteiger partial charge in [0.25, 0.3) is 0 Å². The molecule has 0 unspecified atom stereocenters. The number of halogens is 2. The first-order valence-electron chi connectivity index (χ1n) is 7.20. The third-order valence-corrected chi connectivity index (χ3v) is 4.23. The van der Waals surface area contributed by atoms with Gasteiger partial charge in [-0.3, -0.25) is 9.59 Å². The average molecular weight is 346 g/mol. The van der Waals surface area contributed by atoms with Crippen LogP contribution < -0.4 is 5.43 Å². The van der Waals surface area contributed by atoms with E-state index in [1.807, 2.05) is 0 Å². The Morgan fingerprint density at radius 2 is 1.96 bits per heavy atom. The number of fused-ring (bicyclic) bond motifs is 1. The van der Waals surface area contributed by atoms with Gasteiger partial charge in [0.2, 0.25) is 0 Å². The topological polar surface area (TPSA) is 59.3 Å². The molecule has 0 atom stereocenters. The third-order valence-electron chi connectivity index (χ3n) is 3.91. The molecule has 0 saturated heterocycles. The number of hydrogen-bond acceptors (Lipinski definition) is 2. The van der Waals surface area contributed by atoms with Crippen molar-refractivity contribution < 1.29 is 14.3 Å². The normalized spacial score (nSPS) is 11.0. The van der Waals surface area contributed by atoms with Crippen LogP contribution in [0.25, 0.3) is 16.6 Å². The van der Waals surface area contributed by atoms with Crippen LogP contribution in [0.5, 0.6) is 0 Å². The molecule has 1 N–H and O–H groups in total. The summed E-state index contributed by atoms with van der Waals surface area (Å²) in [6.45, 7) is 1.66. The Hall–Kier alpha value is -2.66. The van der Waals surface area contributed by atoms with Crippen LogP contribution in [0.2, 0.25) is 5.02 Å². The molecular formula is C18H13ClFNO3. The summed E-state index contributed by atoms with van der Waals surface area (Å²) in [6, 6.07) is 10.9. The van der Waals surface area contributed by atoms with E-state index < -0.39 is 23.6 Å². The summed E-state index contributed by atoms with van der Waals surface area (Å²) in [5, 5.41) is 9.67. The summed E-state index contributed by atoms with van der Waals surface area (Å²) in [4.78, 5) is 23.8. The van der Waals surface area contributed by atoms with E-state index in [-0.39, 0.29) is 10.9 Å². The molecule has 0 aliphatic rings. The maximum Gasteiger partial charge on any atom is 0.308 e. The van der Waals surface area contributed by atoms with Crippen LogP contribution in [0.3, 0.4) is 0 Å². The Balaban J connectivity index is 2.50. The largest absolute Gasteiger partial charge is 0.481 e. The second-order valence-corrected chi connectivity index (χ2v) is 5.82. The van der Waals surface area contributed by atoms with Crippen LogP contribution in [0.1, 0.15) is 11.3 Å². The van der Waals surface area contributed by atoms with Gasteiger partial charge in [-0.1, -0.05) is 23.7 Å². The van der Waals surface area contributed by atoms with Gasteiger partial charge in [-0.2, -0.15) is 0 Å². The molecule has 0 radical (unpaired) electrons. The number of carboxylic acid groups (broad SMARTS) is 1. The second kappa shape index (κ2) is 6.09. The molecule has 1 heterocycles. The molecule has 1 aromatic heterocycles. The number of carbonyl (C=O) groups is 1. The molecule has 0 amide bonds. The molecule has 0 bridgehead atoms. The molecule has 6 heteroatoms. The lowest BCUT2D eigenvalue weighted by molar-refractivity contribution is -0.136. The summed E-state index contributed by atoms with van der Waals surface area (Å²) in [5.41, 5.74) is 1.17. The SMILES string of the molecule is Cc1c(CC(=O)O)c(=O)c2cc(F)ccc2n1-c1ccccc1Cl. The molecule has 3 aromatic rings. The lowest BCUT2D eigenvalue weighted by atomic mass is 10.0. The third kappa shape index (κ3) is 2.67. The van der Waals surface area contributed by atoms with Gasteiger partial charge in [0.1, 0.15) is 5.82 Å². The predicted molar refractivity (Wildman–Crippen MR) is 90.6 cm³/mol. The minimum absolute atomic E-state index is 0.112. The molecule has 0 aliphatic heterocycles. The Morgan fingerprint density at radius 3 is 2.62 bits per heavy atom. The minimum Gasteiger partial charge on any atom is -0.481 e. The zero-order valence-electron chi connectivity index (χ0n) is 12.7. The fourth-order valence-electron chi connectivity index (χ4n) is 2.83. The molecular weight excluding hydrogens is 333 g/mol. The first kappa shape index (κ1) is 16.2. The lowest BCUT2D eigenvalue weighted by Crippen LogP contribution is -2.21. The van der Waals surface area contributed by atoms with E-state index in [0.29, 0.717) is 21.9 Å². The maximum atomic E-state index is 13.6. The molecule has 0 spiro atoms. The van der Waals surface area contributed by atoms with E-state index in [1.165, 1.54) is 12.1 Å². The number of benzene rings is 2. The summed E-state index contributed by atoms with van der Waals surface area (Å²) in [6.07, 6.45) is -0.443. The van der Waals surface area contributed by atoms with Crippen LogP contribution >= 0.6 is 11.6 Å². The highest BCUT2D eigenvalue weighted by Crippen LogP contribution is 2.27. The number of pyridine rings is 1. The van der Waals surface area contributed by atoms with Crippen LogP contribution in [0.4, 0.5) is 4.39 Å². The van der Waals surface area contributed by atoms with Gasteiger partial charge >= 0.3 is 5.97 Å². The van der Waals surface area contributed by atoms with Crippen LogP contribution in [0, 0.1) is 12.7 Å². The van der Waals surface area contributed by atoms with Crippen LogP contribution in [-0.4, -0.2) is 15.6 Å². The van der Waals surface area contributed by atoms with Crippen LogP contribution in [0.15, 0.2) is 47.3 Å². The van der Waals surface area contributed by atoms with Gasteiger partial charge in [0.05, 0.1) is 22.6 Å². The van der Waals surface area contributed by atoms with Gasteiger partial charge in [-0.05, 0) is 37.3 Å². The van der Waals surface area contributed by atoms with E-state index in [1.54, 1.807) is 35.8 Å². The first-order chi connectivity index (χ1) is 11.4. The van der Waals surface area contributed by atoms with Gasteiger partial charge in [0.15, 0.2) is 5.43 Å². The molecule has 2 aromatic carbocycles. The minimum atomic E-state index is -1.13. The molecule has 0 saturated carbocycles. The number of hydrogen-bond donors (Lipinski definition) is 1. The average Bonchev–Trinajstić information content (AvgIpc) is 2.53. The van der Waals surface area contributed by atoms with Gasteiger partial charge < -0.3 is 9.67 Å². The molecule has 0 fully saturated rings. The van der Waals surface area contributed by atoms with Crippen LogP contribution in [-0.2, 0) is 11.2 Å². The van der Waals surface area contributed by atoms with Crippen molar-refractivity contribution in [2.24, 2.45) is 0 Å². The Bertz CT molecular complexity index is 1030. The number of nitrogens with zero attached hydrogens (tertiary/aromatic N) is 1. The lowest BCUT2D eigenvalue weighted by Gasteiger charge is -2.19. The second-order valence-electron chi connectivity index (χ2n) is 5.41. The number of carboxylic acids is 1. The molecule has 122 valence electrons. The molecule has 24 heavy (non-hydrogen) atoms. The van der Waals surface area contributed by atoms with Crippen molar-refractivity contribution in [2.45, 2.75) is 13.3 Å². The number of para-hydroxylation sites is 1. The Morgan fingerprint density at radius 1 is 1.25 bits per heavy atom. The van der Waals surface area contributed by atoms with E-state index in [4.69, 9.17) is 16.7 Å². The van der Waals surface area contributed by atoms with Gasteiger partial charge in [0, 0.05) is 16.6 Å². The summed E-state index contributed by atoms with van der Waals surface area (Å²) in [5.74, 6) is -1.69. The molecule has 0 aliphatic carbocycles. The number of aromatic nitrogens is 1. The monoisotopic (exact) mass is 345 g/mol. The van der Waals surface area contributed by atoms with Crippen molar-refractivity contribution in [1.29, 1.82) is 0 Å². The standard InChI is InChI=1S/C18H13ClFNO3/c1-10-12(9-17(22)23)18(24)13-8-11(20)6-7-15(13)21(10)16-5-3-2-4-14(16)19/h2-8H,9H2,1H3,(H,22,23). The number of rotatable bonds is 3. The van der Waals surface area contributed by atoms with E-state index in [0.717, 1.165) is 6.07 Å². The van der Waals surface area contributed by atoms with E-state index >= 15 is 0 Å². The zero-order chi connectivity index (χ0) is 17.4. The number of aliphatic carboxylic acids is 1. The highest BCUT2D eigenvalue weighted by Gasteiger charge is 2.18. The highest BCUT2D eigenvalue weighted by molar-refractivity contribution is 6.32. The van der Waals surface area contributed by atoms with E-state index in [9.17, 15) is 14.0 Å². The van der Waals surface area contributed by atoms with Crippen molar-refractivity contribution >= 4 is 28.5 Å². The first-order valence-corrected chi connectivity index (χ1v) is 7.58. The predicted octanol–water partition coefficient (Wildman–Crippen LogP) is 3.72. The fourth-order valence-corrected chi connectivity index (χ4v) is 3.05. The summed E-state index contributed by atoms with van der Waals surface area (Å²) < 4.78 is 15.3. The molecule has 3 rings (SSSR count). The van der Waals surface area contributed by atoms with Crippen molar-refractivity contribution in [1.82, 2.24) is 4.57 Å². The van der Waals surface area contributed by atoms with Crippen molar-refractivity contribution in [3.8, 4) is 5.69 Å². The summed E-state index contributed by atoms with van der Waals surface area (Å²) >= 11 is 6.27. The summed E-state index contributed by atoms with van der Waals surface area (Å²) in [7, 11) is 0. The quantitative estimate of drug-likeness (QED) is 0.787. The Kier molecular flexibility index (Phi) is 4.11. The van der Waals surface area contributed by atoms with Gasteiger partial charge in [-0.15, -0.1) is 0 Å². The fraction of sp³-hybridized carbons (Fsp3) is 0.111. The van der Waals surface area contributed by atoms with Crippen molar-refractivity contribution in [3.05, 3.63) is 74.8 Å². The van der Waals surface area contributed by atoms with Crippen molar-refractivity contribution in [3.63, 3.8) is 0 Å². The highest BCUT2D eigenvalue weighted by atomic mass is 35.5. The Labute approximate surface area is 141 Å². The zero-order valence-corrected chi connectivity index (χ0v) is 13.5.